The molecule has 0 bridgehead atoms. The van der Waals surface area contributed by atoms with Crippen molar-refractivity contribution in [1.82, 2.24) is 5.32 Å². The molecule has 4 heteroatoms. The van der Waals surface area contributed by atoms with Crippen LogP contribution in [0.25, 0.3) is 11.0 Å². The van der Waals surface area contributed by atoms with Crippen LogP contribution in [0, 0.1) is 11.6 Å². The molecule has 0 unspecified atom stereocenters. The summed E-state index contributed by atoms with van der Waals surface area (Å²) < 4.78 is 32.1. The number of hydrogen-bond donors (Lipinski definition) is 1. The molecule has 0 aliphatic carbocycles. The average Bonchev–Trinajstić information content (AvgIpc) is 2.74. The summed E-state index contributed by atoms with van der Waals surface area (Å²) in [4.78, 5) is 0. The van der Waals surface area contributed by atoms with Crippen LogP contribution >= 0.6 is 0 Å². The topological polar surface area (TPSA) is 25.2 Å². The van der Waals surface area contributed by atoms with Crippen molar-refractivity contribution < 1.29 is 13.2 Å². The molecule has 2 heterocycles. The lowest BCUT2D eigenvalue weighted by molar-refractivity contribution is 0.457. The molecule has 1 fully saturated rings. The molecule has 1 aliphatic rings. The first kappa shape index (κ1) is 10.7. The Kier molecular flexibility index (Phi) is 2.59. The van der Waals surface area contributed by atoms with Gasteiger partial charge in [-0.1, -0.05) is 0 Å². The molecular formula is C13H13F2NO. The van der Waals surface area contributed by atoms with E-state index in [0.717, 1.165) is 37.6 Å². The summed E-state index contributed by atoms with van der Waals surface area (Å²) in [6, 6.07) is 2.16. The van der Waals surface area contributed by atoms with E-state index >= 15 is 0 Å². The smallest absolute Gasteiger partial charge is 0.140 e. The van der Waals surface area contributed by atoms with Crippen molar-refractivity contribution in [3.05, 3.63) is 35.6 Å². The van der Waals surface area contributed by atoms with Crippen molar-refractivity contribution in [3.63, 3.8) is 0 Å². The summed E-state index contributed by atoms with van der Waals surface area (Å²) in [6.07, 6.45) is 3.50. The van der Waals surface area contributed by atoms with E-state index in [0.29, 0.717) is 16.9 Å². The molecule has 2 nitrogen and oxygen atoms in total. The van der Waals surface area contributed by atoms with Gasteiger partial charge in [-0.3, -0.25) is 0 Å². The van der Waals surface area contributed by atoms with Crippen LogP contribution in [0.5, 0.6) is 0 Å². The summed E-state index contributed by atoms with van der Waals surface area (Å²) in [5, 5.41) is 3.71. The van der Waals surface area contributed by atoms with Crippen LogP contribution in [0.3, 0.4) is 0 Å². The highest BCUT2D eigenvalue weighted by atomic mass is 19.1. The maximum Gasteiger partial charge on any atom is 0.140 e. The fraction of sp³-hybridized carbons (Fsp3) is 0.385. The van der Waals surface area contributed by atoms with E-state index in [1.807, 2.05) is 0 Å². The van der Waals surface area contributed by atoms with E-state index in [4.69, 9.17) is 4.42 Å². The number of benzene rings is 1. The fourth-order valence-electron chi connectivity index (χ4n) is 2.54. The van der Waals surface area contributed by atoms with E-state index in [1.165, 1.54) is 6.07 Å². The van der Waals surface area contributed by atoms with Crippen molar-refractivity contribution in [1.29, 1.82) is 0 Å². The number of hydrogen-bond acceptors (Lipinski definition) is 2. The first-order chi connectivity index (χ1) is 8.25. The number of halogens is 2. The normalized spacial score (nSPS) is 17.8. The van der Waals surface area contributed by atoms with Gasteiger partial charge in [0.25, 0.3) is 0 Å². The summed E-state index contributed by atoms with van der Waals surface area (Å²) in [6.45, 7) is 1.86. The van der Waals surface area contributed by atoms with Crippen LogP contribution in [0.15, 0.2) is 22.8 Å². The predicted octanol–water partition coefficient (Wildman–Crippen LogP) is 3.18. The number of piperidine rings is 1. The molecule has 1 aromatic carbocycles. The highest BCUT2D eigenvalue weighted by Gasteiger charge is 2.22. The van der Waals surface area contributed by atoms with Gasteiger partial charge in [0, 0.05) is 17.7 Å². The summed E-state index contributed by atoms with van der Waals surface area (Å²) >= 11 is 0. The van der Waals surface area contributed by atoms with Crippen molar-refractivity contribution >= 4 is 11.0 Å². The molecule has 17 heavy (non-hydrogen) atoms. The van der Waals surface area contributed by atoms with Crippen LogP contribution in [0.1, 0.15) is 24.3 Å². The third kappa shape index (κ3) is 1.82. The first-order valence-electron chi connectivity index (χ1n) is 5.82. The van der Waals surface area contributed by atoms with Crippen LogP contribution in [-0.4, -0.2) is 13.1 Å². The van der Waals surface area contributed by atoms with Gasteiger partial charge < -0.3 is 9.73 Å². The number of nitrogens with one attached hydrogen (secondary N) is 1. The van der Waals surface area contributed by atoms with Gasteiger partial charge in [0.2, 0.25) is 0 Å². The van der Waals surface area contributed by atoms with Gasteiger partial charge in [0.15, 0.2) is 0 Å². The number of furan rings is 1. The lowest BCUT2D eigenvalue weighted by Crippen LogP contribution is -2.26. The van der Waals surface area contributed by atoms with Crippen molar-refractivity contribution in [2.45, 2.75) is 18.8 Å². The molecule has 0 amide bonds. The Morgan fingerprint density at radius 1 is 1.18 bits per heavy atom. The number of rotatable bonds is 1. The quantitative estimate of drug-likeness (QED) is 0.824. The summed E-state index contributed by atoms with van der Waals surface area (Å²) in [7, 11) is 0. The SMILES string of the molecule is Fc1cc(F)c2c(C3CCNCC3)coc2c1. The van der Waals surface area contributed by atoms with Crippen molar-refractivity contribution in [2.24, 2.45) is 0 Å². The third-order valence-corrected chi connectivity index (χ3v) is 3.40. The second-order valence-electron chi connectivity index (χ2n) is 4.48. The molecule has 0 saturated carbocycles. The van der Waals surface area contributed by atoms with Gasteiger partial charge in [-0.25, -0.2) is 8.78 Å². The Morgan fingerprint density at radius 3 is 2.71 bits per heavy atom. The second-order valence-corrected chi connectivity index (χ2v) is 4.48. The van der Waals surface area contributed by atoms with Crippen LogP contribution < -0.4 is 5.32 Å². The fourth-order valence-corrected chi connectivity index (χ4v) is 2.54. The minimum absolute atomic E-state index is 0.302. The monoisotopic (exact) mass is 237 g/mol. The predicted molar refractivity (Wildman–Crippen MR) is 61.0 cm³/mol. The van der Waals surface area contributed by atoms with Crippen LogP contribution in [0.2, 0.25) is 0 Å². The molecule has 1 N–H and O–H groups in total. The Bertz CT molecular complexity index is 544. The zero-order valence-electron chi connectivity index (χ0n) is 9.30. The Hall–Kier alpha value is -1.42. The third-order valence-electron chi connectivity index (χ3n) is 3.40. The Balaban J connectivity index is 2.10. The van der Waals surface area contributed by atoms with Crippen LogP contribution in [0.4, 0.5) is 8.78 Å². The van der Waals surface area contributed by atoms with E-state index < -0.39 is 11.6 Å². The molecule has 0 radical (unpaired) electrons. The maximum absolute atomic E-state index is 13.8. The van der Waals surface area contributed by atoms with Gasteiger partial charge in [-0.2, -0.15) is 0 Å². The van der Waals surface area contributed by atoms with Crippen LogP contribution in [-0.2, 0) is 0 Å². The Morgan fingerprint density at radius 2 is 1.94 bits per heavy atom. The minimum atomic E-state index is -0.596. The molecule has 0 spiro atoms. The van der Waals surface area contributed by atoms with E-state index in [-0.39, 0.29) is 0 Å². The number of fused-ring (bicyclic) bond motifs is 1. The molecule has 1 aromatic heterocycles. The maximum atomic E-state index is 13.8. The average molecular weight is 237 g/mol. The van der Waals surface area contributed by atoms with Gasteiger partial charge in [0.1, 0.15) is 17.2 Å². The van der Waals surface area contributed by atoms with Crippen molar-refractivity contribution in [2.75, 3.05) is 13.1 Å². The van der Waals surface area contributed by atoms with Gasteiger partial charge >= 0.3 is 0 Å². The highest BCUT2D eigenvalue weighted by Crippen LogP contribution is 2.34. The van der Waals surface area contributed by atoms with Crippen molar-refractivity contribution in [3.8, 4) is 0 Å². The summed E-state index contributed by atoms with van der Waals surface area (Å²) in [5.74, 6) is -0.819. The van der Waals surface area contributed by atoms with Gasteiger partial charge in [-0.05, 0) is 31.8 Å². The molecule has 1 saturated heterocycles. The molecule has 3 rings (SSSR count). The largest absolute Gasteiger partial charge is 0.464 e. The van der Waals surface area contributed by atoms with E-state index in [9.17, 15) is 8.78 Å². The zero-order chi connectivity index (χ0) is 11.8. The van der Waals surface area contributed by atoms with Gasteiger partial charge in [0.05, 0.1) is 11.6 Å². The molecule has 0 atom stereocenters. The first-order valence-corrected chi connectivity index (χ1v) is 5.82. The standard InChI is InChI=1S/C13H13F2NO/c14-9-5-11(15)13-10(7-17-12(13)6-9)8-1-3-16-4-2-8/h5-8,16H,1-4H2. The second kappa shape index (κ2) is 4.11. The lowest BCUT2D eigenvalue weighted by Gasteiger charge is -2.21. The summed E-state index contributed by atoms with van der Waals surface area (Å²) in [5.41, 5.74) is 1.18. The van der Waals surface area contributed by atoms with E-state index in [1.54, 1.807) is 6.26 Å². The molecule has 2 aromatic rings. The molecular weight excluding hydrogens is 224 g/mol. The molecule has 90 valence electrons. The minimum Gasteiger partial charge on any atom is -0.464 e. The van der Waals surface area contributed by atoms with Gasteiger partial charge in [-0.15, -0.1) is 0 Å². The highest BCUT2D eigenvalue weighted by molar-refractivity contribution is 5.82. The Labute approximate surface area is 97.6 Å². The zero-order valence-corrected chi connectivity index (χ0v) is 9.30. The molecule has 1 aliphatic heterocycles. The van der Waals surface area contributed by atoms with E-state index in [2.05, 4.69) is 5.32 Å². The lowest BCUT2D eigenvalue weighted by atomic mass is 9.90.